The molecule has 0 heterocycles. The highest BCUT2D eigenvalue weighted by molar-refractivity contribution is 5.55. The lowest BCUT2D eigenvalue weighted by Crippen LogP contribution is -2.19. The fourth-order valence-electron chi connectivity index (χ4n) is 1.87. The molecule has 0 spiro atoms. The van der Waals surface area contributed by atoms with Crippen LogP contribution >= 0.6 is 0 Å². The van der Waals surface area contributed by atoms with Crippen LogP contribution in [0.1, 0.15) is 37.3 Å². The van der Waals surface area contributed by atoms with E-state index in [1.165, 1.54) is 30.5 Å². The number of nitriles is 1. The Balaban J connectivity index is 2.69. The summed E-state index contributed by atoms with van der Waals surface area (Å²) in [5.74, 6) is 0. The van der Waals surface area contributed by atoms with E-state index in [4.69, 9.17) is 5.26 Å². The van der Waals surface area contributed by atoms with Crippen molar-refractivity contribution < 1.29 is 0 Å². The molecule has 0 saturated heterocycles. The summed E-state index contributed by atoms with van der Waals surface area (Å²) in [5.41, 5.74) is 3.15. The molecule has 0 radical (unpaired) electrons. The van der Waals surface area contributed by atoms with Gasteiger partial charge in [0.15, 0.2) is 0 Å². The molecule has 0 aromatic heterocycles. The minimum absolute atomic E-state index is 0.739. The van der Waals surface area contributed by atoms with Crippen molar-refractivity contribution in [2.45, 2.75) is 33.1 Å². The lowest BCUT2D eigenvalue weighted by Gasteiger charge is -2.21. The molecule has 0 amide bonds. The summed E-state index contributed by atoms with van der Waals surface area (Å²) in [6.07, 6.45) is 3.76. The molecular weight excluding hydrogens is 196 g/mol. The highest BCUT2D eigenvalue weighted by Crippen LogP contribution is 2.20. The van der Waals surface area contributed by atoms with Crippen LogP contribution in [0.2, 0.25) is 0 Å². The molecule has 1 aromatic carbocycles. The van der Waals surface area contributed by atoms with Crippen LogP contribution in [0.15, 0.2) is 18.2 Å². The number of rotatable bonds is 5. The maximum atomic E-state index is 8.80. The standard InChI is InChI=1S/C14H20N2/c1-4-5-6-9-16(3)14-8-7-13(11-15)10-12(14)2/h7-8,10H,4-6,9H2,1-3H3. The third-order valence-electron chi connectivity index (χ3n) is 2.83. The zero-order valence-electron chi connectivity index (χ0n) is 10.5. The molecule has 0 N–H and O–H groups in total. The highest BCUT2D eigenvalue weighted by Gasteiger charge is 2.04. The van der Waals surface area contributed by atoms with Crippen molar-refractivity contribution in [1.29, 1.82) is 5.26 Å². The lowest BCUT2D eigenvalue weighted by molar-refractivity contribution is 0.704. The fourth-order valence-corrected chi connectivity index (χ4v) is 1.87. The Kier molecular flexibility index (Phi) is 4.85. The number of anilines is 1. The molecule has 2 heteroatoms. The predicted molar refractivity (Wildman–Crippen MR) is 68.7 cm³/mol. The van der Waals surface area contributed by atoms with Crippen LogP contribution in [-0.4, -0.2) is 13.6 Å². The Morgan fingerprint density at radius 3 is 2.62 bits per heavy atom. The first-order chi connectivity index (χ1) is 7.69. The molecule has 0 bridgehead atoms. The summed E-state index contributed by atoms with van der Waals surface area (Å²) in [7, 11) is 2.12. The van der Waals surface area contributed by atoms with Gasteiger partial charge in [-0.2, -0.15) is 5.26 Å². The molecule has 0 fully saturated rings. The Bertz CT molecular complexity index is 377. The zero-order chi connectivity index (χ0) is 12.0. The molecule has 86 valence electrons. The summed E-state index contributed by atoms with van der Waals surface area (Å²) in [6, 6.07) is 8.05. The van der Waals surface area contributed by atoms with E-state index in [0.717, 1.165) is 12.1 Å². The third-order valence-corrected chi connectivity index (χ3v) is 2.83. The van der Waals surface area contributed by atoms with Crippen molar-refractivity contribution in [3.05, 3.63) is 29.3 Å². The van der Waals surface area contributed by atoms with E-state index in [1.54, 1.807) is 0 Å². The van der Waals surface area contributed by atoms with Crippen LogP contribution in [0.3, 0.4) is 0 Å². The maximum Gasteiger partial charge on any atom is 0.0991 e. The summed E-state index contributed by atoms with van der Waals surface area (Å²) in [4.78, 5) is 2.27. The number of hydrogen-bond acceptors (Lipinski definition) is 2. The summed E-state index contributed by atoms with van der Waals surface area (Å²) in [5, 5.41) is 8.80. The summed E-state index contributed by atoms with van der Waals surface area (Å²) < 4.78 is 0. The van der Waals surface area contributed by atoms with Gasteiger partial charge in [0.1, 0.15) is 0 Å². The van der Waals surface area contributed by atoms with E-state index in [-0.39, 0.29) is 0 Å². The smallest absolute Gasteiger partial charge is 0.0991 e. The van der Waals surface area contributed by atoms with Gasteiger partial charge in [-0.1, -0.05) is 19.8 Å². The van der Waals surface area contributed by atoms with E-state index in [2.05, 4.69) is 31.9 Å². The molecule has 0 aliphatic rings. The Morgan fingerprint density at radius 2 is 2.06 bits per heavy atom. The van der Waals surface area contributed by atoms with Gasteiger partial charge in [-0.25, -0.2) is 0 Å². The van der Waals surface area contributed by atoms with Crippen molar-refractivity contribution in [3.8, 4) is 6.07 Å². The molecule has 0 aliphatic heterocycles. The van der Waals surface area contributed by atoms with E-state index in [1.807, 2.05) is 18.2 Å². The van der Waals surface area contributed by atoms with Crippen LogP contribution in [0, 0.1) is 18.3 Å². The summed E-state index contributed by atoms with van der Waals surface area (Å²) in [6.45, 7) is 5.36. The minimum Gasteiger partial charge on any atom is -0.374 e. The van der Waals surface area contributed by atoms with Gasteiger partial charge in [-0.15, -0.1) is 0 Å². The normalized spacial score (nSPS) is 9.88. The van der Waals surface area contributed by atoms with E-state index in [9.17, 15) is 0 Å². The second kappa shape index (κ2) is 6.17. The van der Waals surface area contributed by atoms with Crippen molar-refractivity contribution in [1.82, 2.24) is 0 Å². The van der Waals surface area contributed by atoms with Gasteiger partial charge < -0.3 is 4.90 Å². The van der Waals surface area contributed by atoms with Gasteiger partial charge in [0, 0.05) is 19.3 Å². The minimum atomic E-state index is 0.739. The SMILES string of the molecule is CCCCCN(C)c1ccc(C#N)cc1C. The average Bonchev–Trinajstić information content (AvgIpc) is 2.29. The van der Waals surface area contributed by atoms with Gasteiger partial charge in [-0.05, 0) is 37.1 Å². The number of aryl methyl sites for hydroxylation is 1. The average molecular weight is 216 g/mol. The van der Waals surface area contributed by atoms with E-state index < -0.39 is 0 Å². The Labute approximate surface area is 98.5 Å². The number of nitrogens with zero attached hydrogens (tertiary/aromatic N) is 2. The Morgan fingerprint density at radius 1 is 1.31 bits per heavy atom. The first-order valence-corrected chi connectivity index (χ1v) is 5.91. The van der Waals surface area contributed by atoms with Gasteiger partial charge >= 0.3 is 0 Å². The van der Waals surface area contributed by atoms with Crippen LogP contribution < -0.4 is 4.90 Å². The predicted octanol–water partition coefficient (Wildman–Crippen LogP) is 3.49. The Hall–Kier alpha value is -1.49. The topological polar surface area (TPSA) is 27.0 Å². The molecule has 0 aliphatic carbocycles. The molecule has 2 nitrogen and oxygen atoms in total. The third kappa shape index (κ3) is 3.27. The summed E-state index contributed by atoms with van der Waals surface area (Å²) >= 11 is 0. The second-order valence-electron chi connectivity index (χ2n) is 4.24. The van der Waals surface area contributed by atoms with Crippen LogP contribution in [0.5, 0.6) is 0 Å². The quantitative estimate of drug-likeness (QED) is 0.704. The van der Waals surface area contributed by atoms with Gasteiger partial charge in [0.25, 0.3) is 0 Å². The molecular formula is C14H20N2. The maximum absolute atomic E-state index is 8.80. The van der Waals surface area contributed by atoms with Crippen LogP contribution in [-0.2, 0) is 0 Å². The second-order valence-corrected chi connectivity index (χ2v) is 4.24. The molecule has 0 saturated carbocycles. The van der Waals surface area contributed by atoms with Crippen LogP contribution in [0.25, 0.3) is 0 Å². The van der Waals surface area contributed by atoms with Gasteiger partial charge in [0.2, 0.25) is 0 Å². The lowest BCUT2D eigenvalue weighted by atomic mass is 10.1. The van der Waals surface area contributed by atoms with Crippen molar-refractivity contribution in [3.63, 3.8) is 0 Å². The van der Waals surface area contributed by atoms with Gasteiger partial charge in [0.05, 0.1) is 11.6 Å². The van der Waals surface area contributed by atoms with E-state index >= 15 is 0 Å². The fraction of sp³-hybridized carbons (Fsp3) is 0.500. The van der Waals surface area contributed by atoms with Gasteiger partial charge in [-0.3, -0.25) is 0 Å². The zero-order valence-corrected chi connectivity index (χ0v) is 10.5. The van der Waals surface area contributed by atoms with Crippen molar-refractivity contribution in [2.24, 2.45) is 0 Å². The molecule has 16 heavy (non-hydrogen) atoms. The first kappa shape index (κ1) is 12.6. The monoisotopic (exact) mass is 216 g/mol. The highest BCUT2D eigenvalue weighted by atomic mass is 15.1. The molecule has 0 atom stereocenters. The molecule has 0 unspecified atom stereocenters. The largest absolute Gasteiger partial charge is 0.374 e. The first-order valence-electron chi connectivity index (χ1n) is 5.91. The molecule has 1 aromatic rings. The van der Waals surface area contributed by atoms with Crippen molar-refractivity contribution >= 4 is 5.69 Å². The number of unbranched alkanes of at least 4 members (excludes halogenated alkanes) is 2. The number of benzene rings is 1. The van der Waals surface area contributed by atoms with E-state index in [0.29, 0.717) is 0 Å². The van der Waals surface area contributed by atoms with Crippen molar-refractivity contribution in [2.75, 3.05) is 18.5 Å². The molecule has 1 rings (SSSR count). The van der Waals surface area contributed by atoms with Crippen LogP contribution in [0.4, 0.5) is 5.69 Å². The number of hydrogen-bond donors (Lipinski definition) is 0.